The van der Waals surface area contributed by atoms with Crippen molar-refractivity contribution in [2.24, 2.45) is 0 Å². The normalized spacial score (nSPS) is 14.8. The van der Waals surface area contributed by atoms with Gasteiger partial charge in [0.05, 0.1) is 12.0 Å². The monoisotopic (exact) mass is 403 g/mol. The van der Waals surface area contributed by atoms with Crippen molar-refractivity contribution in [3.8, 4) is 5.75 Å². The Morgan fingerprint density at radius 3 is 2.36 bits per heavy atom. The lowest BCUT2D eigenvalue weighted by Gasteiger charge is -2.36. The number of amides is 1. The van der Waals surface area contributed by atoms with E-state index in [0.29, 0.717) is 25.2 Å². The predicted molar refractivity (Wildman–Crippen MR) is 108 cm³/mol. The lowest BCUT2D eigenvalue weighted by molar-refractivity contribution is 0.0746. The SMILES string of the molecule is CCNS(=O)(=O)c1ccc(C(=O)N2CCN(c3cccc(OC)c3)CC2)cc1. The van der Waals surface area contributed by atoms with Gasteiger partial charge in [0, 0.05) is 50.0 Å². The molecule has 1 amide bonds. The molecule has 0 radical (unpaired) electrons. The molecule has 2 aromatic carbocycles. The topological polar surface area (TPSA) is 79.0 Å². The number of nitrogens with zero attached hydrogens (tertiary/aromatic N) is 2. The minimum Gasteiger partial charge on any atom is -0.497 e. The largest absolute Gasteiger partial charge is 0.497 e. The van der Waals surface area contributed by atoms with Gasteiger partial charge in [-0.1, -0.05) is 13.0 Å². The third kappa shape index (κ3) is 4.45. The van der Waals surface area contributed by atoms with Crippen molar-refractivity contribution in [3.05, 3.63) is 54.1 Å². The highest BCUT2D eigenvalue weighted by atomic mass is 32.2. The van der Waals surface area contributed by atoms with Gasteiger partial charge in [-0.2, -0.15) is 0 Å². The number of carbonyl (C=O) groups excluding carboxylic acids is 1. The third-order valence-electron chi connectivity index (χ3n) is 4.73. The fourth-order valence-corrected chi connectivity index (χ4v) is 4.25. The summed E-state index contributed by atoms with van der Waals surface area (Å²) < 4.78 is 31.7. The van der Waals surface area contributed by atoms with Gasteiger partial charge >= 0.3 is 0 Å². The summed E-state index contributed by atoms with van der Waals surface area (Å²) in [6.07, 6.45) is 0. The molecule has 2 aromatic rings. The number of ether oxygens (including phenoxy) is 1. The van der Waals surface area contributed by atoms with E-state index in [1.54, 1.807) is 31.1 Å². The molecule has 1 N–H and O–H groups in total. The summed E-state index contributed by atoms with van der Waals surface area (Å²) >= 11 is 0. The fraction of sp³-hybridized carbons (Fsp3) is 0.350. The van der Waals surface area contributed by atoms with Crippen LogP contribution >= 0.6 is 0 Å². The second-order valence-electron chi connectivity index (χ2n) is 6.51. The van der Waals surface area contributed by atoms with Gasteiger partial charge < -0.3 is 14.5 Å². The van der Waals surface area contributed by atoms with Crippen molar-refractivity contribution in [1.29, 1.82) is 0 Å². The van der Waals surface area contributed by atoms with Crippen molar-refractivity contribution < 1.29 is 17.9 Å². The number of hydrogen-bond donors (Lipinski definition) is 1. The lowest BCUT2D eigenvalue weighted by atomic mass is 10.1. The van der Waals surface area contributed by atoms with Crippen molar-refractivity contribution in [3.63, 3.8) is 0 Å². The summed E-state index contributed by atoms with van der Waals surface area (Å²) in [4.78, 5) is 16.9. The molecule has 8 heteroatoms. The first-order valence-electron chi connectivity index (χ1n) is 9.22. The smallest absolute Gasteiger partial charge is 0.253 e. The highest BCUT2D eigenvalue weighted by Gasteiger charge is 2.23. The van der Waals surface area contributed by atoms with Crippen molar-refractivity contribution >= 4 is 21.6 Å². The molecule has 1 fully saturated rings. The average Bonchev–Trinajstić information content (AvgIpc) is 2.73. The van der Waals surface area contributed by atoms with Crippen LogP contribution in [0.15, 0.2) is 53.4 Å². The van der Waals surface area contributed by atoms with E-state index in [-0.39, 0.29) is 10.8 Å². The number of methoxy groups -OCH3 is 1. The van der Waals surface area contributed by atoms with E-state index in [4.69, 9.17) is 4.74 Å². The van der Waals surface area contributed by atoms with E-state index in [1.165, 1.54) is 12.1 Å². The first-order chi connectivity index (χ1) is 13.4. The van der Waals surface area contributed by atoms with Gasteiger partial charge in [-0.25, -0.2) is 13.1 Å². The van der Waals surface area contributed by atoms with Crippen LogP contribution in [0.3, 0.4) is 0 Å². The van der Waals surface area contributed by atoms with E-state index >= 15 is 0 Å². The summed E-state index contributed by atoms with van der Waals surface area (Å²) in [5.41, 5.74) is 1.56. The van der Waals surface area contributed by atoms with E-state index in [9.17, 15) is 13.2 Å². The maximum atomic E-state index is 12.8. The number of carbonyl (C=O) groups is 1. The quantitative estimate of drug-likeness (QED) is 0.798. The molecule has 0 spiro atoms. The van der Waals surface area contributed by atoms with Gasteiger partial charge in [-0.05, 0) is 36.4 Å². The molecule has 0 atom stereocenters. The van der Waals surface area contributed by atoms with Crippen LogP contribution in [0.4, 0.5) is 5.69 Å². The van der Waals surface area contributed by atoms with Gasteiger partial charge in [-0.15, -0.1) is 0 Å². The number of nitrogens with one attached hydrogen (secondary N) is 1. The molecule has 150 valence electrons. The molecule has 1 heterocycles. The summed E-state index contributed by atoms with van der Waals surface area (Å²) in [6.45, 7) is 4.71. The molecule has 28 heavy (non-hydrogen) atoms. The summed E-state index contributed by atoms with van der Waals surface area (Å²) in [5, 5.41) is 0. The van der Waals surface area contributed by atoms with Crippen LogP contribution in [-0.4, -0.2) is 59.1 Å². The number of benzene rings is 2. The highest BCUT2D eigenvalue weighted by Crippen LogP contribution is 2.22. The Bertz CT molecular complexity index is 921. The molecular formula is C20H25N3O4S. The number of rotatable bonds is 6. The van der Waals surface area contributed by atoms with Gasteiger partial charge in [0.15, 0.2) is 0 Å². The van der Waals surface area contributed by atoms with Crippen molar-refractivity contribution in [2.45, 2.75) is 11.8 Å². The Hall–Kier alpha value is -2.58. The van der Waals surface area contributed by atoms with Crippen LogP contribution in [0.2, 0.25) is 0 Å². The summed E-state index contributed by atoms with van der Waals surface area (Å²) in [5.74, 6) is 0.723. The van der Waals surface area contributed by atoms with Gasteiger partial charge in [0.1, 0.15) is 5.75 Å². The number of piperazine rings is 1. The second kappa shape index (κ2) is 8.62. The zero-order valence-electron chi connectivity index (χ0n) is 16.1. The first-order valence-corrected chi connectivity index (χ1v) is 10.7. The zero-order valence-corrected chi connectivity index (χ0v) is 16.9. The molecule has 7 nitrogen and oxygen atoms in total. The maximum absolute atomic E-state index is 12.8. The van der Waals surface area contributed by atoms with Crippen LogP contribution in [0.5, 0.6) is 5.75 Å². The van der Waals surface area contributed by atoms with Crippen molar-refractivity contribution in [1.82, 2.24) is 9.62 Å². The Morgan fingerprint density at radius 2 is 1.75 bits per heavy atom. The maximum Gasteiger partial charge on any atom is 0.253 e. The van der Waals surface area contributed by atoms with Crippen LogP contribution in [0.1, 0.15) is 17.3 Å². The lowest BCUT2D eigenvalue weighted by Crippen LogP contribution is -2.48. The molecule has 1 saturated heterocycles. The minimum atomic E-state index is -3.51. The Balaban J connectivity index is 1.63. The highest BCUT2D eigenvalue weighted by molar-refractivity contribution is 7.89. The molecular weight excluding hydrogens is 378 g/mol. The van der Waals surface area contributed by atoms with E-state index in [1.807, 2.05) is 24.3 Å². The molecule has 0 bridgehead atoms. The van der Waals surface area contributed by atoms with Crippen LogP contribution in [0.25, 0.3) is 0 Å². The van der Waals surface area contributed by atoms with Crippen LogP contribution < -0.4 is 14.4 Å². The summed E-state index contributed by atoms with van der Waals surface area (Å²) in [7, 11) is -1.87. The molecule has 3 rings (SSSR count). The summed E-state index contributed by atoms with van der Waals surface area (Å²) in [6, 6.07) is 14.0. The predicted octanol–water partition coefficient (Wildman–Crippen LogP) is 1.96. The van der Waals surface area contributed by atoms with Crippen LogP contribution in [-0.2, 0) is 10.0 Å². The Kier molecular flexibility index (Phi) is 6.21. The van der Waals surface area contributed by atoms with Crippen molar-refractivity contribution in [2.75, 3.05) is 44.7 Å². The Morgan fingerprint density at radius 1 is 1.07 bits per heavy atom. The van der Waals surface area contributed by atoms with E-state index in [2.05, 4.69) is 9.62 Å². The standard InChI is InChI=1S/C20H25N3O4S/c1-3-21-28(25,26)19-9-7-16(8-10-19)20(24)23-13-11-22(12-14-23)17-5-4-6-18(15-17)27-2/h4-10,15,21H,3,11-14H2,1-2H3. The third-order valence-corrected chi connectivity index (χ3v) is 6.29. The van der Waals surface area contributed by atoms with Gasteiger partial charge in [0.2, 0.25) is 10.0 Å². The fourth-order valence-electron chi connectivity index (χ4n) is 3.21. The second-order valence-corrected chi connectivity index (χ2v) is 8.27. The average molecular weight is 404 g/mol. The van der Waals surface area contributed by atoms with Gasteiger partial charge in [0.25, 0.3) is 5.91 Å². The van der Waals surface area contributed by atoms with E-state index in [0.717, 1.165) is 24.5 Å². The van der Waals surface area contributed by atoms with Crippen LogP contribution in [0, 0.1) is 0 Å². The van der Waals surface area contributed by atoms with Gasteiger partial charge in [-0.3, -0.25) is 4.79 Å². The molecule has 0 saturated carbocycles. The number of hydrogen-bond acceptors (Lipinski definition) is 5. The minimum absolute atomic E-state index is 0.0855. The Labute approximate surface area is 166 Å². The molecule has 1 aliphatic rings. The molecule has 0 unspecified atom stereocenters. The zero-order chi connectivity index (χ0) is 20.1. The molecule has 0 aromatic heterocycles. The first kappa shape index (κ1) is 20.2. The number of sulfonamides is 1. The molecule has 1 aliphatic heterocycles. The molecule has 0 aliphatic carbocycles. The van der Waals surface area contributed by atoms with E-state index < -0.39 is 10.0 Å². The number of anilines is 1.